The number of aryl methyl sites for hydroxylation is 1. The van der Waals surface area contributed by atoms with E-state index in [1.807, 2.05) is 29.2 Å². The first-order valence-electron chi connectivity index (χ1n) is 8.32. The van der Waals surface area contributed by atoms with Gasteiger partial charge in [0.1, 0.15) is 0 Å². The lowest BCUT2D eigenvalue weighted by Gasteiger charge is -2.25. The zero-order valence-corrected chi connectivity index (χ0v) is 15.6. The Kier molecular flexibility index (Phi) is 5.22. The molecule has 1 aliphatic heterocycles. The maximum Gasteiger partial charge on any atom is 0.325 e. The molecule has 1 fully saturated rings. The van der Waals surface area contributed by atoms with Crippen LogP contribution in [0, 0.1) is 6.92 Å². The number of aromatic nitrogens is 2. The average Bonchev–Trinajstić information content (AvgIpc) is 3.04. The summed E-state index contributed by atoms with van der Waals surface area (Å²) in [6.07, 6.45) is 2.50. The van der Waals surface area contributed by atoms with Crippen LogP contribution in [0.5, 0.6) is 0 Å². The number of nitrogens with one attached hydrogen (secondary N) is 2. The van der Waals surface area contributed by atoms with Crippen molar-refractivity contribution in [2.75, 3.05) is 6.54 Å². The molecule has 2 N–H and O–H groups in total. The number of halogens is 1. The van der Waals surface area contributed by atoms with Crippen molar-refractivity contribution in [1.82, 2.24) is 14.9 Å². The highest BCUT2D eigenvalue weighted by Gasteiger charge is 2.29. The van der Waals surface area contributed by atoms with E-state index in [0.717, 1.165) is 29.4 Å². The van der Waals surface area contributed by atoms with Crippen molar-refractivity contribution in [3.63, 3.8) is 0 Å². The SMILES string of the molecule is Cc1[nH]c(=O)[nH]c(=O)c1CCC(=O)N1CCCC1c1ccc(Br)cc1. The van der Waals surface area contributed by atoms with Gasteiger partial charge in [-0.2, -0.15) is 0 Å². The quantitative estimate of drug-likeness (QED) is 0.818. The number of hydrogen-bond donors (Lipinski definition) is 2. The van der Waals surface area contributed by atoms with Crippen LogP contribution in [-0.2, 0) is 11.2 Å². The van der Waals surface area contributed by atoms with Crippen molar-refractivity contribution in [2.45, 2.75) is 38.6 Å². The van der Waals surface area contributed by atoms with E-state index in [9.17, 15) is 14.4 Å². The molecule has 7 heteroatoms. The largest absolute Gasteiger partial charge is 0.336 e. The van der Waals surface area contributed by atoms with E-state index in [2.05, 4.69) is 25.9 Å². The first-order chi connectivity index (χ1) is 12.0. The third-order valence-corrected chi connectivity index (χ3v) is 5.20. The molecule has 0 spiro atoms. The predicted octanol–water partition coefficient (Wildman–Crippen LogP) is 2.43. The Morgan fingerprint density at radius 1 is 1.24 bits per heavy atom. The molecule has 1 aliphatic rings. The summed E-state index contributed by atoms with van der Waals surface area (Å²) in [6, 6.07) is 8.14. The summed E-state index contributed by atoms with van der Waals surface area (Å²) in [5, 5.41) is 0. The topological polar surface area (TPSA) is 86.0 Å². The zero-order chi connectivity index (χ0) is 18.0. The number of rotatable bonds is 4. The number of H-pyrrole nitrogens is 2. The highest BCUT2D eigenvalue weighted by Crippen LogP contribution is 2.33. The van der Waals surface area contributed by atoms with Gasteiger partial charge in [0.2, 0.25) is 5.91 Å². The normalized spacial score (nSPS) is 17.0. The fraction of sp³-hybridized carbons (Fsp3) is 0.389. The van der Waals surface area contributed by atoms with E-state index in [1.54, 1.807) is 6.92 Å². The Morgan fingerprint density at radius 3 is 2.64 bits per heavy atom. The lowest BCUT2D eigenvalue weighted by molar-refractivity contribution is -0.132. The Labute approximate surface area is 153 Å². The third-order valence-electron chi connectivity index (χ3n) is 4.67. The Balaban J connectivity index is 1.71. The minimum absolute atomic E-state index is 0.0374. The van der Waals surface area contributed by atoms with Crippen LogP contribution in [0.4, 0.5) is 0 Å². The molecule has 6 nitrogen and oxygen atoms in total. The van der Waals surface area contributed by atoms with Crippen LogP contribution >= 0.6 is 15.9 Å². The summed E-state index contributed by atoms with van der Waals surface area (Å²) in [4.78, 5) is 42.5. The van der Waals surface area contributed by atoms with E-state index >= 15 is 0 Å². The molecule has 2 heterocycles. The molecular formula is C18H20BrN3O3. The molecule has 0 saturated carbocycles. The Hall–Kier alpha value is -2.15. The molecule has 2 aromatic rings. The number of amides is 1. The van der Waals surface area contributed by atoms with E-state index in [4.69, 9.17) is 0 Å². The van der Waals surface area contributed by atoms with Crippen molar-refractivity contribution >= 4 is 21.8 Å². The minimum atomic E-state index is -0.521. The summed E-state index contributed by atoms with van der Waals surface area (Å²) in [5.74, 6) is 0.0374. The number of nitrogens with zero attached hydrogens (tertiary/aromatic N) is 1. The van der Waals surface area contributed by atoms with E-state index in [0.29, 0.717) is 17.7 Å². The van der Waals surface area contributed by atoms with Gasteiger partial charge < -0.3 is 9.88 Å². The van der Waals surface area contributed by atoms with Crippen molar-refractivity contribution in [3.8, 4) is 0 Å². The summed E-state index contributed by atoms with van der Waals surface area (Å²) < 4.78 is 1.01. The molecule has 0 aliphatic carbocycles. The van der Waals surface area contributed by atoms with Gasteiger partial charge in [0.15, 0.2) is 0 Å². The second-order valence-electron chi connectivity index (χ2n) is 6.31. The van der Waals surface area contributed by atoms with Crippen molar-refractivity contribution in [3.05, 3.63) is 66.4 Å². The minimum Gasteiger partial charge on any atom is -0.336 e. The van der Waals surface area contributed by atoms with Crippen LogP contribution in [0.15, 0.2) is 38.3 Å². The highest BCUT2D eigenvalue weighted by molar-refractivity contribution is 9.10. The van der Waals surface area contributed by atoms with E-state index in [-0.39, 0.29) is 18.4 Å². The number of aromatic amines is 2. The summed E-state index contributed by atoms with van der Waals surface area (Å²) in [5.41, 5.74) is 1.18. The number of carbonyl (C=O) groups excluding carboxylic acids is 1. The maximum absolute atomic E-state index is 12.7. The van der Waals surface area contributed by atoms with Gasteiger partial charge in [0.05, 0.1) is 6.04 Å². The van der Waals surface area contributed by atoms with Gasteiger partial charge in [-0.25, -0.2) is 4.79 Å². The number of hydrogen-bond acceptors (Lipinski definition) is 3. The zero-order valence-electron chi connectivity index (χ0n) is 14.0. The molecule has 3 rings (SSSR count). The molecule has 1 aromatic carbocycles. The lowest BCUT2D eigenvalue weighted by Crippen LogP contribution is -2.32. The monoisotopic (exact) mass is 405 g/mol. The molecule has 0 bridgehead atoms. The van der Waals surface area contributed by atoms with Crippen LogP contribution in [-0.4, -0.2) is 27.3 Å². The molecule has 1 amide bonds. The van der Waals surface area contributed by atoms with Crippen LogP contribution in [0.3, 0.4) is 0 Å². The fourth-order valence-electron chi connectivity index (χ4n) is 3.40. The van der Waals surface area contributed by atoms with Crippen molar-refractivity contribution < 1.29 is 4.79 Å². The van der Waals surface area contributed by atoms with Gasteiger partial charge >= 0.3 is 5.69 Å². The maximum atomic E-state index is 12.7. The first kappa shape index (κ1) is 17.7. The Morgan fingerprint density at radius 2 is 1.96 bits per heavy atom. The number of benzene rings is 1. The standard InChI is InChI=1S/C18H20BrN3O3/c1-11-14(17(24)21-18(25)20-11)8-9-16(23)22-10-2-3-15(22)12-4-6-13(19)7-5-12/h4-7,15H,2-3,8-10H2,1H3,(H2,20,21,24,25). The van der Waals surface area contributed by atoms with Crippen molar-refractivity contribution in [2.24, 2.45) is 0 Å². The Bertz CT molecular complexity index is 886. The smallest absolute Gasteiger partial charge is 0.325 e. The van der Waals surface area contributed by atoms with Gasteiger partial charge in [-0.05, 0) is 43.9 Å². The van der Waals surface area contributed by atoms with Gasteiger partial charge in [-0.1, -0.05) is 28.1 Å². The van der Waals surface area contributed by atoms with Crippen LogP contribution in [0.1, 0.15) is 42.1 Å². The van der Waals surface area contributed by atoms with Gasteiger partial charge in [-0.3, -0.25) is 14.6 Å². The molecular weight excluding hydrogens is 386 g/mol. The molecule has 1 aromatic heterocycles. The van der Waals surface area contributed by atoms with Gasteiger partial charge in [-0.15, -0.1) is 0 Å². The summed E-state index contributed by atoms with van der Waals surface area (Å²) >= 11 is 3.43. The van der Waals surface area contributed by atoms with Crippen LogP contribution < -0.4 is 11.2 Å². The van der Waals surface area contributed by atoms with Gasteiger partial charge in [0, 0.05) is 28.7 Å². The first-order valence-corrected chi connectivity index (χ1v) is 9.12. The van der Waals surface area contributed by atoms with Crippen LogP contribution in [0.2, 0.25) is 0 Å². The summed E-state index contributed by atoms with van der Waals surface area (Å²) in [6.45, 7) is 2.41. The fourth-order valence-corrected chi connectivity index (χ4v) is 3.66. The van der Waals surface area contributed by atoms with E-state index in [1.165, 1.54) is 0 Å². The predicted molar refractivity (Wildman–Crippen MR) is 98.6 cm³/mol. The molecule has 1 atom stereocenters. The average molecular weight is 406 g/mol. The molecule has 1 saturated heterocycles. The second kappa shape index (κ2) is 7.39. The second-order valence-corrected chi connectivity index (χ2v) is 7.22. The van der Waals surface area contributed by atoms with E-state index < -0.39 is 11.2 Å². The van der Waals surface area contributed by atoms with Crippen LogP contribution in [0.25, 0.3) is 0 Å². The highest BCUT2D eigenvalue weighted by atomic mass is 79.9. The van der Waals surface area contributed by atoms with Gasteiger partial charge in [0.25, 0.3) is 5.56 Å². The molecule has 0 radical (unpaired) electrons. The lowest BCUT2D eigenvalue weighted by atomic mass is 10.0. The number of carbonyl (C=O) groups is 1. The third kappa shape index (κ3) is 3.92. The molecule has 25 heavy (non-hydrogen) atoms. The summed E-state index contributed by atoms with van der Waals surface area (Å²) in [7, 11) is 0. The van der Waals surface area contributed by atoms with Crippen molar-refractivity contribution in [1.29, 1.82) is 0 Å². The molecule has 132 valence electrons. The molecule has 1 unspecified atom stereocenters. The number of likely N-dealkylation sites (tertiary alicyclic amines) is 1.